The average Bonchev–Trinajstić information content (AvgIpc) is 2.77. The first-order chi connectivity index (χ1) is 9.52. The van der Waals surface area contributed by atoms with Crippen molar-refractivity contribution in [3.63, 3.8) is 0 Å². The van der Waals surface area contributed by atoms with Crippen molar-refractivity contribution in [1.82, 2.24) is 9.97 Å². The van der Waals surface area contributed by atoms with Crippen molar-refractivity contribution in [2.75, 3.05) is 19.6 Å². The maximum absolute atomic E-state index is 9.56. The maximum atomic E-state index is 9.56. The number of nitrogens with one attached hydrogen (secondary N) is 1. The van der Waals surface area contributed by atoms with E-state index in [9.17, 15) is 4.21 Å². The van der Waals surface area contributed by atoms with Gasteiger partial charge in [0.2, 0.25) is 0 Å². The first-order valence-corrected chi connectivity index (χ1v) is 8.15. The van der Waals surface area contributed by atoms with Crippen molar-refractivity contribution in [1.29, 1.82) is 0 Å². The molecule has 3 aromatic rings. The van der Waals surface area contributed by atoms with Gasteiger partial charge in [-0.1, -0.05) is 0 Å². The number of ether oxygens (including phenoxy) is 1. The van der Waals surface area contributed by atoms with Crippen molar-refractivity contribution >= 4 is 32.6 Å². The second-order valence-corrected chi connectivity index (χ2v) is 6.08. The quantitative estimate of drug-likeness (QED) is 0.389. The Morgan fingerprint density at radius 1 is 1.13 bits per heavy atom. The minimum Gasteiger partial charge on any atom is -1.00 e. The van der Waals surface area contributed by atoms with Crippen LogP contribution in [0.5, 0.6) is 5.75 Å². The Morgan fingerprint density at radius 3 is 2.30 bits per heavy atom. The van der Waals surface area contributed by atoms with E-state index in [2.05, 4.69) is 16.0 Å². The van der Waals surface area contributed by atoms with Gasteiger partial charge in [0.25, 0.3) is 0 Å². The number of hydrogen-bond donors (Lipinski definition) is 1. The van der Waals surface area contributed by atoms with E-state index in [0.29, 0.717) is 0 Å². The molecule has 0 saturated carbocycles. The summed E-state index contributed by atoms with van der Waals surface area (Å²) in [5, 5.41) is 2.42. The molecule has 1 aromatic carbocycles. The Hall–Kier alpha value is -0.638. The molecule has 3 rings (SSSR count). The monoisotopic (exact) mass is 466 g/mol. The minimum atomic E-state index is -0.611. The Balaban J connectivity index is 0. The Labute approximate surface area is 164 Å². The molecule has 4 nitrogen and oxygen atoms in total. The molecule has 0 aliphatic heterocycles. The summed E-state index contributed by atoms with van der Waals surface area (Å²) in [4.78, 5) is 7.66. The van der Waals surface area contributed by atoms with Crippen LogP contribution in [0.1, 0.15) is 5.69 Å². The number of halogens is 2. The fraction of sp³-hybridized carbons (Fsp3) is 0.267. The number of methoxy groups -OCH3 is 1. The number of aryl methyl sites for hydroxylation is 1. The normalized spacial score (nSPS) is 9.26. The fourth-order valence-electron chi connectivity index (χ4n) is 2.07. The van der Waals surface area contributed by atoms with E-state index in [0.717, 1.165) is 22.5 Å². The van der Waals surface area contributed by atoms with Crippen LogP contribution >= 0.6 is 0 Å². The molecular formula is C15H18Cl2N2O2PdS. The zero-order chi connectivity index (χ0) is 14.7. The molecule has 0 fully saturated rings. The van der Waals surface area contributed by atoms with E-state index >= 15 is 0 Å². The molecule has 0 aliphatic carbocycles. The van der Waals surface area contributed by atoms with Crippen LogP contribution in [0, 0.1) is 6.92 Å². The maximum Gasteiger partial charge on any atom is 2.00 e. The summed E-state index contributed by atoms with van der Waals surface area (Å²) in [6.07, 6.45) is 5.12. The Kier molecular flexibility index (Phi) is 11.8. The van der Waals surface area contributed by atoms with Gasteiger partial charge in [-0.2, -0.15) is 0 Å². The first kappa shape index (κ1) is 24.6. The Morgan fingerprint density at radius 2 is 1.74 bits per heavy atom. The van der Waals surface area contributed by atoms with E-state index < -0.39 is 10.8 Å². The van der Waals surface area contributed by atoms with Gasteiger partial charge >= 0.3 is 20.4 Å². The summed E-state index contributed by atoms with van der Waals surface area (Å²) in [5.74, 6) is 0.865. The van der Waals surface area contributed by atoms with Gasteiger partial charge in [-0.05, 0) is 25.1 Å². The zero-order valence-corrected chi connectivity index (χ0v) is 17.0. The Bertz CT molecular complexity index is 777. The summed E-state index contributed by atoms with van der Waals surface area (Å²) in [5.41, 5.74) is 3.21. The standard InChI is InChI=1S/C13H12N2O.C2H6OS.2ClH.Pd/c1-8-13-11(5-6-14-8)10-4-3-9(16-2)7-12(10)15-13;1-4(2)3;;;/h3-7,15H,1-2H3;1-2H3;2*1H;/q;;;;+2/p-2. The second kappa shape index (κ2) is 11.0. The SMILES string of the molecule is COc1ccc2c(c1)[nH]c1c(C)nccc12.CS(C)=O.[Cl-].[Cl-].[Pd+2]. The van der Waals surface area contributed by atoms with Crippen LogP contribution in [0.4, 0.5) is 0 Å². The summed E-state index contributed by atoms with van der Waals surface area (Å²) in [7, 11) is 1.07. The van der Waals surface area contributed by atoms with Crippen LogP contribution in [0.2, 0.25) is 0 Å². The number of H-pyrrole nitrogens is 1. The number of aromatic nitrogens is 2. The van der Waals surface area contributed by atoms with E-state index in [1.165, 1.54) is 10.8 Å². The number of nitrogens with zero attached hydrogens (tertiary/aromatic N) is 1. The molecule has 2 heterocycles. The largest absolute Gasteiger partial charge is 2.00 e. The van der Waals surface area contributed by atoms with Crippen LogP contribution in [-0.4, -0.2) is 33.8 Å². The molecule has 2 aromatic heterocycles. The van der Waals surface area contributed by atoms with Crippen molar-refractivity contribution in [2.24, 2.45) is 0 Å². The predicted molar refractivity (Wildman–Crippen MR) is 84.9 cm³/mol. The number of fused-ring (bicyclic) bond motifs is 3. The van der Waals surface area contributed by atoms with Crippen LogP contribution in [-0.2, 0) is 31.2 Å². The van der Waals surface area contributed by atoms with E-state index in [1.807, 2.05) is 31.3 Å². The zero-order valence-electron chi connectivity index (χ0n) is 13.1. The molecule has 0 unspecified atom stereocenters. The third-order valence-electron chi connectivity index (χ3n) is 2.92. The molecule has 1 N–H and O–H groups in total. The number of benzene rings is 1. The van der Waals surface area contributed by atoms with Crippen LogP contribution in [0.25, 0.3) is 21.8 Å². The summed E-state index contributed by atoms with van der Waals surface area (Å²) in [6.45, 7) is 2.01. The number of pyridine rings is 1. The van der Waals surface area contributed by atoms with Crippen molar-refractivity contribution < 1.29 is 54.2 Å². The van der Waals surface area contributed by atoms with Gasteiger partial charge in [0.05, 0.1) is 23.8 Å². The van der Waals surface area contributed by atoms with Crippen LogP contribution < -0.4 is 29.6 Å². The molecule has 0 bridgehead atoms. The topological polar surface area (TPSA) is 55.0 Å². The molecule has 0 aliphatic rings. The molecule has 0 spiro atoms. The van der Waals surface area contributed by atoms with Crippen molar-refractivity contribution in [3.05, 3.63) is 36.2 Å². The van der Waals surface area contributed by atoms with E-state index in [1.54, 1.807) is 19.6 Å². The average molecular weight is 468 g/mol. The number of hydrogen-bond acceptors (Lipinski definition) is 3. The smallest absolute Gasteiger partial charge is 1.00 e. The minimum absolute atomic E-state index is 0. The molecule has 0 amide bonds. The molecule has 23 heavy (non-hydrogen) atoms. The van der Waals surface area contributed by atoms with Crippen molar-refractivity contribution in [3.8, 4) is 5.75 Å². The molecule has 0 radical (unpaired) electrons. The second-order valence-electron chi connectivity index (χ2n) is 4.60. The molecular weight excluding hydrogens is 450 g/mol. The summed E-state index contributed by atoms with van der Waals surface area (Å²) < 4.78 is 14.8. The molecule has 8 heteroatoms. The van der Waals surface area contributed by atoms with Gasteiger partial charge in [0.1, 0.15) is 5.75 Å². The van der Waals surface area contributed by atoms with Gasteiger partial charge in [-0.15, -0.1) is 0 Å². The first-order valence-electron chi connectivity index (χ1n) is 6.19. The molecule has 0 saturated heterocycles. The third kappa shape index (κ3) is 6.06. The number of aromatic amines is 1. The van der Waals surface area contributed by atoms with Crippen LogP contribution in [0.15, 0.2) is 30.5 Å². The van der Waals surface area contributed by atoms with Gasteiger partial charge < -0.3 is 34.5 Å². The molecule has 0 atom stereocenters. The number of rotatable bonds is 1. The van der Waals surface area contributed by atoms with Gasteiger partial charge in [-0.3, -0.25) is 9.19 Å². The van der Waals surface area contributed by atoms with Gasteiger partial charge in [-0.25, -0.2) is 0 Å². The summed E-state index contributed by atoms with van der Waals surface area (Å²) in [6, 6.07) is 8.10. The van der Waals surface area contributed by atoms with E-state index in [4.69, 9.17) is 4.74 Å². The molecule has 130 valence electrons. The third-order valence-corrected chi connectivity index (χ3v) is 2.92. The van der Waals surface area contributed by atoms with Crippen LogP contribution in [0.3, 0.4) is 0 Å². The van der Waals surface area contributed by atoms with Gasteiger partial charge in [0, 0.05) is 46.3 Å². The summed E-state index contributed by atoms with van der Waals surface area (Å²) >= 11 is 0. The van der Waals surface area contributed by atoms with E-state index in [-0.39, 0.29) is 45.2 Å². The van der Waals surface area contributed by atoms with Gasteiger partial charge in [0.15, 0.2) is 0 Å². The fourth-order valence-corrected chi connectivity index (χ4v) is 2.07. The predicted octanol–water partition coefficient (Wildman–Crippen LogP) is -2.97. The van der Waals surface area contributed by atoms with Crippen molar-refractivity contribution in [2.45, 2.75) is 6.92 Å².